The van der Waals surface area contributed by atoms with Gasteiger partial charge in [-0.3, -0.25) is 0 Å². The molecule has 0 bridgehead atoms. The van der Waals surface area contributed by atoms with E-state index < -0.39 is 12.2 Å². The van der Waals surface area contributed by atoms with Gasteiger partial charge in [0.15, 0.2) is 0 Å². The van der Waals surface area contributed by atoms with Gasteiger partial charge >= 0.3 is 0 Å². The first-order valence-electron chi connectivity index (χ1n) is 9.42. The van der Waals surface area contributed by atoms with Gasteiger partial charge in [-0.2, -0.15) is 0 Å². The van der Waals surface area contributed by atoms with Crippen LogP contribution in [0.2, 0.25) is 0 Å². The Kier molecular flexibility index (Phi) is 3.46. The van der Waals surface area contributed by atoms with E-state index >= 15 is 0 Å². The van der Waals surface area contributed by atoms with Gasteiger partial charge in [-0.05, 0) is 85.9 Å². The van der Waals surface area contributed by atoms with E-state index in [4.69, 9.17) is 0 Å². The lowest BCUT2D eigenvalue weighted by atomic mass is 9.44. The normalized spacial score (nSPS) is 61.2. The Morgan fingerprint density at radius 3 is 2.09 bits per heavy atom. The summed E-state index contributed by atoms with van der Waals surface area (Å²) in [5, 5.41) is 31.1. The summed E-state index contributed by atoms with van der Waals surface area (Å²) in [6.45, 7) is 4.71. The van der Waals surface area contributed by atoms with Crippen LogP contribution in [0.1, 0.15) is 65.2 Å². The third-order valence-electron chi connectivity index (χ3n) is 8.68. The van der Waals surface area contributed by atoms with Crippen molar-refractivity contribution in [3.8, 4) is 0 Å². The molecule has 126 valence electrons. The topological polar surface area (TPSA) is 60.7 Å². The van der Waals surface area contributed by atoms with Crippen molar-refractivity contribution in [1.82, 2.24) is 0 Å². The van der Waals surface area contributed by atoms with Gasteiger partial charge in [0.05, 0.1) is 18.3 Å². The summed E-state index contributed by atoms with van der Waals surface area (Å²) >= 11 is 0. The molecule has 3 heteroatoms. The zero-order valence-electron chi connectivity index (χ0n) is 14.0. The molecule has 4 saturated carbocycles. The lowest BCUT2D eigenvalue weighted by molar-refractivity contribution is -0.176. The van der Waals surface area contributed by atoms with Crippen molar-refractivity contribution < 1.29 is 15.3 Å². The predicted molar refractivity (Wildman–Crippen MR) is 85.1 cm³/mol. The zero-order chi connectivity index (χ0) is 15.7. The molecule has 0 spiro atoms. The Labute approximate surface area is 134 Å². The van der Waals surface area contributed by atoms with Crippen LogP contribution in [0.4, 0.5) is 0 Å². The first-order valence-corrected chi connectivity index (χ1v) is 9.42. The molecule has 4 aliphatic rings. The number of hydrogen-bond donors (Lipinski definition) is 3. The van der Waals surface area contributed by atoms with Gasteiger partial charge in [0.25, 0.3) is 0 Å². The van der Waals surface area contributed by atoms with Gasteiger partial charge in [-0.15, -0.1) is 0 Å². The third-order valence-corrected chi connectivity index (χ3v) is 8.68. The van der Waals surface area contributed by atoms with Crippen LogP contribution in [0.15, 0.2) is 0 Å². The molecular formula is C19H32O3. The molecule has 4 rings (SSSR count). The monoisotopic (exact) mass is 308 g/mol. The molecule has 9 atom stereocenters. The molecule has 4 aliphatic carbocycles. The van der Waals surface area contributed by atoms with Crippen LogP contribution < -0.4 is 0 Å². The Morgan fingerprint density at radius 2 is 1.32 bits per heavy atom. The molecule has 3 N–H and O–H groups in total. The molecule has 0 saturated heterocycles. The SMILES string of the molecule is C[C@]12CCC(O)C(O)C1CC[C@@H]1[C@H]2CC[C@]2(C)C(O)CC[C@@H]12. The van der Waals surface area contributed by atoms with Crippen molar-refractivity contribution in [1.29, 1.82) is 0 Å². The average molecular weight is 308 g/mol. The highest BCUT2D eigenvalue weighted by molar-refractivity contribution is 5.10. The molecule has 0 amide bonds. The van der Waals surface area contributed by atoms with E-state index in [1.807, 2.05) is 0 Å². The van der Waals surface area contributed by atoms with Crippen LogP contribution in [-0.2, 0) is 0 Å². The van der Waals surface area contributed by atoms with Crippen molar-refractivity contribution in [2.24, 2.45) is 34.5 Å². The summed E-state index contributed by atoms with van der Waals surface area (Å²) in [4.78, 5) is 0. The van der Waals surface area contributed by atoms with Gasteiger partial charge in [0.1, 0.15) is 0 Å². The lowest BCUT2D eigenvalue weighted by Gasteiger charge is -2.61. The maximum absolute atomic E-state index is 10.5. The Balaban J connectivity index is 1.64. The molecular weight excluding hydrogens is 276 g/mol. The summed E-state index contributed by atoms with van der Waals surface area (Å²) < 4.78 is 0. The van der Waals surface area contributed by atoms with E-state index in [1.54, 1.807) is 0 Å². The van der Waals surface area contributed by atoms with Crippen LogP contribution in [-0.4, -0.2) is 33.6 Å². The fraction of sp³-hybridized carbons (Fsp3) is 1.00. The number of fused-ring (bicyclic) bond motifs is 5. The number of aliphatic hydroxyl groups is 3. The second-order valence-electron chi connectivity index (χ2n) is 9.30. The standard InChI is InChI=1S/C19H32O3/c1-18-10-8-15(20)17(22)14(18)4-3-11-12-5-6-16(21)19(12,2)9-7-13(11)18/h11-17,20-22H,3-10H2,1-2H3/t11-,12-,13+,14?,15?,16?,17?,18+,19-/m0/s1. The smallest absolute Gasteiger partial charge is 0.0832 e. The molecule has 0 aliphatic heterocycles. The molecule has 22 heavy (non-hydrogen) atoms. The fourth-order valence-electron chi connectivity index (χ4n) is 7.29. The van der Waals surface area contributed by atoms with E-state index in [9.17, 15) is 15.3 Å². The molecule has 3 nitrogen and oxygen atoms in total. The molecule has 0 radical (unpaired) electrons. The van der Waals surface area contributed by atoms with Crippen molar-refractivity contribution >= 4 is 0 Å². The van der Waals surface area contributed by atoms with E-state index in [2.05, 4.69) is 13.8 Å². The molecule has 4 unspecified atom stereocenters. The van der Waals surface area contributed by atoms with Crippen LogP contribution >= 0.6 is 0 Å². The van der Waals surface area contributed by atoms with Crippen LogP contribution in [0, 0.1) is 34.5 Å². The van der Waals surface area contributed by atoms with E-state index in [0.717, 1.165) is 38.0 Å². The summed E-state index contributed by atoms with van der Waals surface area (Å²) in [5.74, 6) is 2.34. The van der Waals surface area contributed by atoms with Crippen molar-refractivity contribution in [2.75, 3.05) is 0 Å². The van der Waals surface area contributed by atoms with Gasteiger partial charge in [0, 0.05) is 0 Å². The summed E-state index contributed by atoms with van der Waals surface area (Å²) in [7, 11) is 0. The Morgan fingerprint density at radius 1 is 0.682 bits per heavy atom. The first-order chi connectivity index (χ1) is 10.4. The van der Waals surface area contributed by atoms with Gasteiger partial charge in [0.2, 0.25) is 0 Å². The molecule has 0 aromatic rings. The molecule has 4 fully saturated rings. The van der Waals surface area contributed by atoms with Crippen molar-refractivity contribution in [3.63, 3.8) is 0 Å². The lowest BCUT2D eigenvalue weighted by Crippen LogP contribution is -2.58. The predicted octanol–water partition coefficient (Wildman–Crippen LogP) is 2.72. The van der Waals surface area contributed by atoms with Gasteiger partial charge < -0.3 is 15.3 Å². The minimum atomic E-state index is -0.526. The summed E-state index contributed by atoms with van der Waals surface area (Å²) in [6.07, 6.45) is 7.40. The molecule has 0 aromatic carbocycles. The summed E-state index contributed by atoms with van der Waals surface area (Å²) in [5.41, 5.74) is 0.327. The average Bonchev–Trinajstić information content (AvgIpc) is 2.79. The highest BCUT2D eigenvalue weighted by Crippen LogP contribution is 2.66. The van der Waals surface area contributed by atoms with Gasteiger partial charge in [-0.1, -0.05) is 13.8 Å². The maximum Gasteiger partial charge on any atom is 0.0832 e. The van der Waals surface area contributed by atoms with E-state index in [-0.39, 0.29) is 22.9 Å². The Bertz CT molecular complexity index is 452. The second kappa shape index (κ2) is 4.94. The fourth-order valence-corrected chi connectivity index (χ4v) is 7.29. The maximum atomic E-state index is 10.5. The third kappa shape index (κ3) is 1.85. The van der Waals surface area contributed by atoms with Crippen molar-refractivity contribution in [2.45, 2.75) is 83.5 Å². The number of rotatable bonds is 0. The van der Waals surface area contributed by atoms with E-state index in [1.165, 1.54) is 19.3 Å². The number of hydrogen-bond acceptors (Lipinski definition) is 3. The minimum absolute atomic E-state index is 0.109. The highest BCUT2D eigenvalue weighted by Gasteiger charge is 2.61. The van der Waals surface area contributed by atoms with Crippen LogP contribution in [0.5, 0.6) is 0 Å². The second-order valence-corrected chi connectivity index (χ2v) is 9.30. The summed E-state index contributed by atoms with van der Waals surface area (Å²) in [6, 6.07) is 0. The quantitative estimate of drug-likeness (QED) is 0.645. The largest absolute Gasteiger partial charge is 0.393 e. The Hall–Kier alpha value is -0.120. The van der Waals surface area contributed by atoms with Crippen LogP contribution in [0.3, 0.4) is 0 Å². The zero-order valence-corrected chi connectivity index (χ0v) is 14.0. The van der Waals surface area contributed by atoms with Crippen molar-refractivity contribution in [3.05, 3.63) is 0 Å². The first kappa shape index (κ1) is 15.4. The highest BCUT2D eigenvalue weighted by atomic mass is 16.3. The van der Waals surface area contributed by atoms with E-state index in [0.29, 0.717) is 11.8 Å². The number of aliphatic hydroxyl groups excluding tert-OH is 3. The van der Waals surface area contributed by atoms with Gasteiger partial charge in [-0.25, -0.2) is 0 Å². The molecule has 0 aromatic heterocycles. The van der Waals surface area contributed by atoms with Crippen LogP contribution in [0.25, 0.3) is 0 Å². The molecule has 0 heterocycles. The minimum Gasteiger partial charge on any atom is -0.393 e.